The van der Waals surface area contributed by atoms with Gasteiger partial charge in [-0.3, -0.25) is 9.52 Å². The summed E-state index contributed by atoms with van der Waals surface area (Å²) in [6.45, 7) is 0. The van der Waals surface area contributed by atoms with Crippen LogP contribution in [0.25, 0.3) is 0 Å². The molecule has 0 heterocycles. The maximum atomic E-state index is 9.49. The average Bonchev–Trinajstić information content (AvgIpc) is 1.38. The number of carbonyl (C=O) groups excluding carboxylic acids is 1. The van der Waals surface area contributed by atoms with Gasteiger partial charge in [0.05, 0.1) is 0 Å². The molecular formula is CH3NNiOS2. The van der Waals surface area contributed by atoms with Crippen LogP contribution in [0.5, 0.6) is 0 Å². The molecule has 0 unspecified atom stereocenters. The molecule has 1 amide bonds. The zero-order valence-electron chi connectivity index (χ0n) is 2.62. The SMILES string of the molecule is O=C(S)NS.[Ni]. The average molecular weight is 168 g/mol. The van der Waals surface area contributed by atoms with E-state index < -0.39 is 5.24 Å². The van der Waals surface area contributed by atoms with Crippen LogP contribution in [0.3, 0.4) is 0 Å². The minimum Gasteiger partial charge on any atom is -0.294 e. The topological polar surface area (TPSA) is 29.1 Å². The van der Waals surface area contributed by atoms with Gasteiger partial charge in [-0.05, 0) is 0 Å². The van der Waals surface area contributed by atoms with Crippen LogP contribution in [0.1, 0.15) is 0 Å². The van der Waals surface area contributed by atoms with Crippen molar-refractivity contribution >= 4 is 30.7 Å². The zero-order valence-corrected chi connectivity index (χ0v) is 5.40. The minimum atomic E-state index is -0.437. The van der Waals surface area contributed by atoms with E-state index in [1.807, 2.05) is 4.72 Å². The van der Waals surface area contributed by atoms with E-state index in [4.69, 9.17) is 0 Å². The minimum absolute atomic E-state index is 0. The van der Waals surface area contributed by atoms with Crippen LogP contribution < -0.4 is 4.72 Å². The Kier molecular flexibility index (Phi) is 9.28. The molecule has 0 aliphatic carbocycles. The molecule has 0 radical (unpaired) electrons. The molecule has 0 aromatic heterocycles. The molecule has 0 saturated carbocycles. The summed E-state index contributed by atoms with van der Waals surface area (Å²) in [5.74, 6) is 0. The fraction of sp³-hybridized carbons (Fsp3) is 0. The third-order valence-electron chi connectivity index (χ3n) is 0.0956. The van der Waals surface area contributed by atoms with Crippen molar-refractivity contribution in [2.75, 3.05) is 0 Å². The Morgan fingerprint density at radius 3 is 1.83 bits per heavy atom. The fourth-order valence-corrected chi connectivity index (χ4v) is 0. The van der Waals surface area contributed by atoms with Crippen molar-refractivity contribution in [1.82, 2.24) is 4.72 Å². The van der Waals surface area contributed by atoms with Gasteiger partial charge in [-0.1, -0.05) is 25.4 Å². The van der Waals surface area contributed by atoms with E-state index in [9.17, 15) is 4.79 Å². The predicted octanol–water partition coefficient (Wildman–Crippen LogP) is 0.468. The summed E-state index contributed by atoms with van der Waals surface area (Å²) in [5, 5.41) is -0.437. The number of nitrogens with one attached hydrogen (secondary N) is 1. The maximum absolute atomic E-state index is 9.49. The van der Waals surface area contributed by atoms with E-state index in [1.54, 1.807) is 0 Å². The van der Waals surface area contributed by atoms with Crippen LogP contribution in [0, 0.1) is 0 Å². The maximum Gasteiger partial charge on any atom is 0.285 e. The first-order valence-electron chi connectivity index (χ1n) is 0.901. The second-order valence-corrected chi connectivity index (χ2v) is 1.05. The van der Waals surface area contributed by atoms with Gasteiger partial charge in [-0.15, -0.1) is 0 Å². The molecule has 0 aromatic carbocycles. The molecular weight excluding hydrogens is 165 g/mol. The van der Waals surface area contributed by atoms with Crippen LogP contribution in [-0.4, -0.2) is 5.24 Å². The van der Waals surface area contributed by atoms with E-state index in [0.29, 0.717) is 0 Å². The van der Waals surface area contributed by atoms with Gasteiger partial charge in [0.25, 0.3) is 5.24 Å². The zero-order chi connectivity index (χ0) is 4.28. The molecule has 0 atom stereocenters. The van der Waals surface area contributed by atoms with Gasteiger partial charge in [0.15, 0.2) is 0 Å². The molecule has 0 saturated heterocycles. The molecule has 0 aliphatic heterocycles. The van der Waals surface area contributed by atoms with E-state index in [0.717, 1.165) is 0 Å². The predicted molar refractivity (Wildman–Crippen MR) is 26.5 cm³/mol. The largest absolute Gasteiger partial charge is 0.294 e. The summed E-state index contributed by atoms with van der Waals surface area (Å²) in [4.78, 5) is 9.49. The van der Waals surface area contributed by atoms with E-state index >= 15 is 0 Å². The Bertz CT molecular complexity index is 48.8. The molecule has 0 fully saturated rings. The van der Waals surface area contributed by atoms with E-state index in [-0.39, 0.29) is 16.5 Å². The molecule has 6 heavy (non-hydrogen) atoms. The smallest absolute Gasteiger partial charge is 0.285 e. The summed E-state index contributed by atoms with van der Waals surface area (Å²) < 4.78 is 1.95. The van der Waals surface area contributed by atoms with Crippen molar-refractivity contribution in [2.45, 2.75) is 0 Å². The molecule has 5 heteroatoms. The molecule has 0 spiro atoms. The Balaban J connectivity index is 0. The third-order valence-corrected chi connectivity index (χ3v) is 0.587. The Morgan fingerprint density at radius 2 is 1.83 bits per heavy atom. The number of thiol groups is 2. The van der Waals surface area contributed by atoms with Gasteiger partial charge >= 0.3 is 0 Å². The summed E-state index contributed by atoms with van der Waals surface area (Å²) in [6, 6.07) is 0. The van der Waals surface area contributed by atoms with Crippen molar-refractivity contribution < 1.29 is 21.3 Å². The monoisotopic (exact) mass is 167 g/mol. The Hall–Kier alpha value is 0.664. The number of carbonyl (C=O) groups is 1. The summed E-state index contributed by atoms with van der Waals surface area (Å²) in [6.07, 6.45) is 0. The van der Waals surface area contributed by atoms with Crippen molar-refractivity contribution in [3.8, 4) is 0 Å². The molecule has 1 N–H and O–H groups in total. The van der Waals surface area contributed by atoms with Crippen molar-refractivity contribution in [3.05, 3.63) is 0 Å². The van der Waals surface area contributed by atoms with Crippen LogP contribution in [0.4, 0.5) is 4.79 Å². The molecule has 0 aliphatic rings. The molecule has 0 aromatic rings. The molecule has 2 nitrogen and oxygen atoms in total. The first kappa shape index (κ1) is 9.83. The second-order valence-electron chi connectivity index (χ2n) is 0.417. The molecule has 0 rings (SSSR count). The molecule has 40 valence electrons. The first-order chi connectivity index (χ1) is 2.27. The van der Waals surface area contributed by atoms with Crippen LogP contribution in [0.2, 0.25) is 0 Å². The van der Waals surface area contributed by atoms with Gasteiger partial charge in [0.1, 0.15) is 0 Å². The fourth-order valence-electron chi connectivity index (χ4n) is 0. The first-order valence-corrected chi connectivity index (χ1v) is 1.80. The van der Waals surface area contributed by atoms with Crippen molar-refractivity contribution in [1.29, 1.82) is 0 Å². The number of hydrogen-bond donors (Lipinski definition) is 3. The normalized spacial score (nSPS) is 5.67. The van der Waals surface area contributed by atoms with Gasteiger partial charge < -0.3 is 0 Å². The quantitative estimate of drug-likeness (QED) is 0.356. The van der Waals surface area contributed by atoms with Crippen LogP contribution >= 0.6 is 25.4 Å². The Morgan fingerprint density at radius 1 is 1.67 bits per heavy atom. The van der Waals surface area contributed by atoms with E-state index in [1.165, 1.54) is 0 Å². The van der Waals surface area contributed by atoms with Gasteiger partial charge in [0.2, 0.25) is 0 Å². The van der Waals surface area contributed by atoms with Crippen molar-refractivity contribution in [2.24, 2.45) is 0 Å². The van der Waals surface area contributed by atoms with Gasteiger partial charge in [0, 0.05) is 16.5 Å². The van der Waals surface area contributed by atoms with Gasteiger partial charge in [-0.2, -0.15) is 0 Å². The molecule has 0 bridgehead atoms. The van der Waals surface area contributed by atoms with Crippen molar-refractivity contribution in [3.63, 3.8) is 0 Å². The van der Waals surface area contributed by atoms with Crippen LogP contribution in [0.15, 0.2) is 0 Å². The van der Waals surface area contributed by atoms with E-state index in [2.05, 4.69) is 25.4 Å². The number of rotatable bonds is 0. The summed E-state index contributed by atoms with van der Waals surface area (Å²) in [7, 11) is 0. The Labute approximate surface area is 56.9 Å². The third kappa shape index (κ3) is 8.82. The second kappa shape index (κ2) is 5.66. The number of hydrogen-bond acceptors (Lipinski definition) is 2. The standard InChI is InChI=1S/CH3NOS2.Ni/c3-1(4)2-5;/h5H,(H2,2,3,4);. The summed E-state index contributed by atoms with van der Waals surface area (Å²) in [5.41, 5.74) is 0. The van der Waals surface area contributed by atoms with Crippen LogP contribution in [-0.2, 0) is 16.5 Å². The van der Waals surface area contributed by atoms with Gasteiger partial charge in [-0.25, -0.2) is 0 Å². The summed E-state index contributed by atoms with van der Waals surface area (Å²) >= 11 is 6.61. The number of amides is 1.